The van der Waals surface area contributed by atoms with Crippen LogP contribution in [0.2, 0.25) is 0 Å². The fourth-order valence-corrected chi connectivity index (χ4v) is 2.14. The van der Waals surface area contributed by atoms with Crippen LogP contribution in [0.5, 0.6) is 0 Å². The molecule has 0 aliphatic heterocycles. The van der Waals surface area contributed by atoms with Gasteiger partial charge in [0.15, 0.2) is 0 Å². The molecule has 0 aromatic heterocycles. The molecule has 68 valence electrons. The fourth-order valence-electron chi connectivity index (χ4n) is 0.934. The molecule has 0 saturated heterocycles. The summed E-state index contributed by atoms with van der Waals surface area (Å²) in [5, 5.41) is 0.771. The minimum atomic E-state index is 0.473. The first-order valence-electron chi connectivity index (χ1n) is 4.54. The first-order valence-corrected chi connectivity index (χ1v) is 5.59. The van der Waals surface area contributed by atoms with Crippen LogP contribution in [-0.4, -0.2) is 11.0 Å². The number of hydrogen-bond donors (Lipinski definition) is 0. The van der Waals surface area contributed by atoms with E-state index in [0.717, 1.165) is 11.2 Å². The first kappa shape index (κ1) is 11.4. The zero-order chi connectivity index (χ0) is 9.07. The summed E-state index contributed by atoms with van der Waals surface area (Å²) in [7, 11) is 0. The van der Waals surface area contributed by atoms with Crippen molar-refractivity contribution in [3.63, 3.8) is 0 Å². The minimum absolute atomic E-state index is 0.473. The molecule has 0 heterocycles. The molecule has 0 spiro atoms. The van der Waals surface area contributed by atoms with E-state index < -0.39 is 0 Å². The van der Waals surface area contributed by atoms with Gasteiger partial charge < -0.3 is 0 Å². The Morgan fingerprint density at radius 2 is 1.64 bits per heavy atom. The third-order valence-electron chi connectivity index (χ3n) is 2.95. The van der Waals surface area contributed by atoms with Crippen LogP contribution in [-0.2, 0) is 0 Å². The summed E-state index contributed by atoms with van der Waals surface area (Å²) >= 11 is 2.07. The van der Waals surface area contributed by atoms with Gasteiger partial charge in [-0.2, -0.15) is 11.8 Å². The van der Waals surface area contributed by atoms with Crippen molar-refractivity contribution in [2.24, 2.45) is 11.3 Å². The highest BCUT2D eigenvalue weighted by Gasteiger charge is 2.28. The van der Waals surface area contributed by atoms with E-state index >= 15 is 0 Å². The Morgan fingerprint density at radius 1 is 1.18 bits per heavy atom. The third-order valence-corrected chi connectivity index (χ3v) is 4.39. The molecular weight excluding hydrogens is 152 g/mol. The summed E-state index contributed by atoms with van der Waals surface area (Å²) in [5.74, 6) is 2.01. The largest absolute Gasteiger partial charge is 0.159 e. The number of hydrogen-bond acceptors (Lipinski definition) is 1. The van der Waals surface area contributed by atoms with Crippen molar-refractivity contribution >= 4 is 11.8 Å². The maximum absolute atomic E-state index is 2.37. The maximum Gasteiger partial charge on any atom is 0.00722 e. The van der Waals surface area contributed by atoms with E-state index in [1.54, 1.807) is 0 Å². The molecule has 0 aromatic carbocycles. The van der Waals surface area contributed by atoms with Gasteiger partial charge in [0.05, 0.1) is 0 Å². The molecular formula is C10H22S. The van der Waals surface area contributed by atoms with Gasteiger partial charge in [-0.25, -0.2) is 0 Å². The van der Waals surface area contributed by atoms with Crippen LogP contribution in [0, 0.1) is 11.3 Å². The summed E-state index contributed by atoms with van der Waals surface area (Å²) in [6.45, 7) is 13.9. The van der Waals surface area contributed by atoms with E-state index in [-0.39, 0.29) is 0 Å². The van der Waals surface area contributed by atoms with Crippen LogP contribution in [0.3, 0.4) is 0 Å². The average Bonchev–Trinajstić information content (AvgIpc) is 1.88. The van der Waals surface area contributed by atoms with Gasteiger partial charge in [-0.3, -0.25) is 0 Å². The Morgan fingerprint density at radius 3 is 1.91 bits per heavy atom. The Labute approximate surface area is 76.1 Å². The van der Waals surface area contributed by atoms with Gasteiger partial charge in [0.1, 0.15) is 0 Å². The van der Waals surface area contributed by atoms with Crippen LogP contribution in [0.4, 0.5) is 0 Å². The molecule has 0 N–H and O–H groups in total. The highest BCUT2D eigenvalue weighted by molar-refractivity contribution is 7.99. The van der Waals surface area contributed by atoms with Crippen LogP contribution in [0.1, 0.15) is 41.5 Å². The molecule has 11 heavy (non-hydrogen) atoms. The van der Waals surface area contributed by atoms with Crippen molar-refractivity contribution in [1.29, 1.82) is 0 Å². The molecule has 0 aliphatic carbocycles. The van der Waals surface area contributed by atoms with Gasteiger partial charge in [0.25, 0.3) is 0 Å². The van der Waals surface area contributed by atoms with E-state index in [1.165, 1.54) is 5.75 Å². The minimum Gasteiger partial charge on any atom is -0.159 e. The number of thioether (sulfide) groups is 1. The molecule has 0 aromatic rings. The highest BCUT2D eigenvalue weighted by atomic mass is 32.2. The molecule has 0 fully saturated rings. The smallest absolute Gasteiger partial charge is 0.00722 e. The van der Waals surface area contributed by atoms with Crippen molar-refractivity contribution < 1.29 is 0 Å². The maximum atomic E-state index is 2.37. The highest BCUT2D eigenvalue weighted by Crippen LogP contribution is 2.36. The van der Waals surface area contributed by atoms with E-state index in [0.29, 0.717) is 5.41 Å². The topological polar surface area (TPSA) is 0 Å². The molecule has 0 saturated carbocycles. The predicted molar refractivity (Wildman–Crippen MR) is 56.2 cm³/mol. The fraction of sp³-hybridized carbons (Fsp3) is 1.00. The molecule has 0 aliphatic rings. The Balaban J connectivity index is 4.05. The lowest BCUT2D eigenvalue weighted by atomic mass is 9.78. The summed E-state index contributed by atoms with van der Waals surface area (Å²) in [4.78, 5) is 0. The van der Waals surface area contributed by atoms with Gasteiger partial charge in [0.2, 0.25) is 0 Å². The summed E-state index contributed by atoms with van der Waals surface area (Å²) in [6, 6.07) is 0. The van der Waals surface area contributed by atoms with Crippen molar-refractivity contribution in [1.82, 2.24) is 0 Å². The van der Waals surface area contributed by atoms with Crippen molar-refractivity contribution in [3.8, 4) is 0 Å². The van der Waals surface area contributed by atoms with Gasteiger partial charge in [-0.1, -0.05) is 41.5 Å². The van der Waals surface area contributed by atoms with Crippen LogP contribution in [0.15, 0.2) is 0 Å². The molecule has 0 radical (unpaired) electrons. The second kappa shape index (κ2) is 4.39. The van der Waals surface area contributed by atoms with Crippen LogP contribution < -0.4 is 0 Å². The van der Waals surface area contributed by atoms with E-state index in [2.05, 4.69) is 53.3 Å². The zero-order valence-electron chi connectivity index (χ0n) is 8.77. The summed E-state index contributed by atoms with van der Waals surface area (Å²) in [5.41, 5.74) is 0.473. The monoisotopic (exact) mass is 174 g/mol. The van der Waals surface area contributed by atoms with Gasteiger partial charge in [0, 0.05) is 5.25 Å². The Hall–Kier alpha value is 0.350. The molecule has 0 nitrogen and oxygen atoms in total. The lowest BCUT2D eigenvalue weighted by Crippen LogP contribution is -2.29. The van der Waals surface area contributed by atoms with Crippen LogP contribution >= 0.6 is 11.8 Å². The van der Waals surface area contributed by atoms with Crippen molar-refractivity contribution in [3.05, 3.63) is 0 Å². The van der Waals surface area contributed by atoms with Gasteiger partial charge in [-0.15, -0.1) is 0 Å². The average molecular weight is 174 g/mol. The molecule has 1 atom stereocenters. The van der Waals surface area contributed by atoms with E-state index in [9.17, 15) is 0 Å². The number of rotatable bonds is 4. The zero-order valence-corrected chi connectivity index (χ0v) is 9.59. The Kier molecular flexibility index (Phi) is 4.53. The van der Waals surface area contributed by atoms with Gasteiger partial charge in [-0.05, 0) is 17.1 Å². The lowest BCUT2D eigenvalue weighted by Gasteiger charge is -2.35. The van der Waals surface area contributed by atoms with Crippen LogP contribution in [0.25, 0.3) is 0 Å². The second-order valence-corrected chi connectivity index (χ2v) is 5.69. The summed E-state index contributed by atoms with van der Waals surface area (Å²) < 4.78 is 0. The predicted octanol–water partition coefficient (Wildman–Crippen LogP) is 3.81. The van der Waals surface area contributed by atoms with E-state index in [1.807, 2.05) is 0 Å². The van der Waals surface area contributed by atoms with Gasteiger partial charge >= 0.3 is 0 Å². The molecule has 0 amide bonds. The van der Waals surface area contributed by atoms with Crippen molar-refractivity contribution in [2.45, 2.75) is 46.8 Å². The lowest BCUT2D eigenvalue weighted by molar-refractivity contribution is 0.249. The molecule has 0 rings (SSSR count). The standard InChI is InChI=1S/C10H22S/c1-7-11-9(4)10(5,6)8(2)3/h8-9H,7H2,1-6H3. The summed E-state index contributed by atoms with van der Waals surface area (Å²) in [6.07, 6.45) is 0. The quantitative estimate of drug-likeness (QED) is 0.624. The molecule has 1 unspecified atom stereocenters. The molecule has 1 heteroatoms. The normalized spacial score (nSPS) is 15.5. The molecule has 0 bridgehead atoms. The third kappa shape index (κ3) is 3.06. The Bertz CT molecular complexity index is 105. The second-order valence-electron chi connectivity index (χ2n) is 4.07. The SMILES string of the molecule is CCSC(C)C(C)(C)C(C)C. The van der Waals surface area contributed by atoms with Crippen molar-refractivity contribution in [2.75, 3.05) is 5.75 Å². The van der Waals surface area contributed by atoms with E-state index in [4.69, 9.17) is 0 Å². The first-order chi connectivity index (χ1) is 4.92.